The molecule has 8 heteroatoms. The molecular weight excluding hydrogens is 301 g/mol. The molecule has 1 aromatic rings. The zero-order valence-electron chi connectivity index (χ0n) is 9.41. The molecule has 1 unspecified atom stereocenters. The van der Waals surface area contributed by atoms with E-state index in [-0.39, 0.29) is 6.92 Å². The summed E-state index contributed by atoms with van der Waals surface area (Å²) >= 11 is 5.37. The molecule has 0 amide bonds. The summed E-state index contributed by atoms with van der Waals surface area (Å²) in [5.41, 5.74) is -4.58. The first kappa shape index (κ1) is 16.1. The lowest BCUT2D eigenvalue weighted by Gasteiger charge is -2.37. The van der Waals surface area contributed by atoms with Gasteiger partial charge >= 0.3 is 12.4 Å². The summed E-state index contributed by atoms with van der Waals surface area (Å²) in [5.74, 6) is -0.784. The molecule has 0 N–H and O–H groups in total. The Morgan fingerprint density at radius 1 is 0.895 bits per heavy atom. The van der Waals surface area contributed by atoms with Crippen molar-refractivity contribution in [2.45, 2.75) is 24.7 Å². The highest BCUT2D eigenvalue weighted by molar-refractivity contribution is 6.21. The third-order valence-electron chi connectivity index (χ3n) is 2.85. The third kappa shape index (κ3) is 2.80. The van der Waals surface area contributed by atoms with E-state index < -0.39 is 34.5 Å². The number of alkyl halides is 7. The second kappa shape index (κ2) is 4.85. The lowest BCUT2D eigenvalue weighted by molar-refractivity contribution is -0.335. The Hall–Kier alpha value is -0.980. The molecule has 1 atom stereocenters. The van der Waals surface area contributed by atoms with Crippen molar-refractivity contribution in [2.24, 2.45) is 5.41 Å². The van der Waals surface area contributed by atoms with Gasteiger partial charge in [0, 0.05) is 0 Å². The SMILES string of the molecule is CC(C(Cl)c1ccc(F)cc1)(C(F)(F)F)C(F)(F)F. The van der Waals surface area contributed by atoms with E-state index >= 15 is 0 Å². The van der Waals surface area contributed by atoms with Crippen molar-refractivity contribution < 1.29 is 30.7 Å². The van der Waals surface area contributed by atoms with Crippen molar-refractivity contribution in [1.82, 2.24) is 0 Å². The molecule has 19 heavy (non-hydrogen) atoms. The molecule has 0 heterocycles. The Bertz CT molecular complexity index is 418. The van der Waals surface area contributed by atoms with Crippen LogP contribution in [-0.4, -0.2) is 12.4 Å². The van der Waals surface area contributed by atoms with Crippen LogP contribution in [0, 0.1) is 11.2 Å². The molecule has 0 spiro atoms. The fraction of sp³-hybridized carbons (Fsp3) is 0.455. The fourth-order valence-corrected chi connectivity index (χ4v) is 1.81. The molecule has 0 nitrogen and oxygen atoms in total. The molecule has 108 valence electrons. The van der Waals surface area contributed by atoms with Crippen molar-refractivity contribution in [2.75, 3.05) is 0 Å². The molecule has 0 bridgehead atoms. The average Bonchev–Trinajstić information content (AvgIpc) is 2.25. The van der Waals surface area contributed by atoms with Gasteiger partial charge in [0.15, 0.2) is 5.41 Å². The Morgan fingerprint density at radius 2 is 1.26 bits per heavy atom. The lowest BCUT2D eigenvalue weighted by Crippen LogP contribution is -2.50. The molecule has 1 rings (SSSR count). The standard InChI is InChI=1S/C11H8ClF7/c1-9(10(14,15)16,11(17,18)19)8(12)6-2-4-7(13)5-3-6/h2-5,8H,1H3. The fourth-order valence-electron chi connectivity index (χ4n) is 1.41. The molecule has 0 saturated heterocycles. The minimum atomic E-state index is -5.59. The summed E-state index contributed by atoms with van der Waals surface area (Å²) in [5, 5.41) is -2.41. The van der Waals surface area contributed by atoms with Gasteiger partial charge in [-0.3, -0.25) is 0 Å². The van der Waals surface area contributed by atoms with Crippen LogP contribution >= 0.6 is 11.6 Å². The van der Waals surface area contributed by atoms with E-state index in [1.54, 1.807) is 0 Å². The molecule has 0 aliphatic carbocycles. The van der Waals surface area contributed by atoms with Crippen LogP contribution in [0.15, 0.2) is 24.3 Å². The predicted molar refractivity (Wildman–Crippen MR) is 55.2 cm³/mol. The van der Waals surface area contributed by atoms with Gasteiger partial charge < -0.3 is 0 Å². The number of hydrogen-bond acceptors (Lipinski definition) is 0. The molecule has 0 saturated carbocycles. The number of rotatable bonds is 2. The third-order valence-corrected chi connectivity index (χ3v) is 3.54. The van der Waals surface area contributed by atoms with Gasteiger partial charge in [-0.05, 0) is 24.6 Å². The van der Waals surface area contributed by atoms with E-state index in [0.717, 1.165) is 24.3 Å². The van der Waals surface area contributed by atoms with E-state index in [1.165, 1.54) is 0 Å². The Labute approximate surface area is 109 Å². The van der Waals surface area contributed by atoms with Gasteiger partial charge in [0.25, 0.3) is 0 Å². The van der Waals surface area contributed by atoms with Crippen molar-refractivity contribution in [1.29, 1.82) is 0 Å². The van der Waals surface area contributed by atoms with Gasteiger partial charge in [0.2, 0.25) is 0 Å². The lowest BCUT2D eigenvalue weighted by atomic mass is 9.81. The highest BCUT2D eigenvalue weighted by atomic mass is 35.5. The summed E-state index contributed by atoms with van der Waals surface area (Å²) in [7, 11) is 0. The van der Waals surface area contributed by atoms with Crippen LogP contribution in [0.3, 0.4) is 0 Å². The second-order valence-electron chi connectivity index (χ2n) is 4.11. The summed E-state index contributed by atoms with van der Waals surface area (Å²) in [4.78, 5) is 0. The number of hydrogen-bond donors (Lipinski definition) is 0. The molecule has 0 aliphatic rings. The van der Waals surface area contributed by atoms with Crippen LogP contribution < -0.4 is 0 Å². The van der Waals surface area contributed by atoms with Crippen LogP contribution in [-0.2, 0) is 0 Å². The Morgan fingerprint density at radius 3 is 1.58 bits per heavy atom. The quantitative estimate of drug-likeness (QED) is 0.518. The number of halogens is 8. The predicted octanol–water partition coefficient (Wildman–Crippen LogP) is 5.24. The van der Waals surface area contributed by atoms with Gasteiger partial charge in [-0.15, -0.1) is 11.6 Å². The van der Waals surface area contributed by atoms with Gasteiger partial charge in [-0.2, -0.15) is 26.3 Å². The topological polar surface area (TPSA) is 0 Å². The first-order valence-corrected chi connectivity index (χ1v) is 5.38. The van der Waals surface area contributed by atoms with Crippen molar-refractivity contribution in [3.63, 3.8) is 0 Å². The van der Waals surface area contributed by atoms with Gasteiger partial charge in [0.1, 0.15) is 5.82 Å². The van der Waals surface area contributed by atoms with Crippen LogP contribution in [0.5, 0.6) is 0 Å². The summed E-state index contributed by atoms with van der Waals surface area (Å²) < 4.78 is 89.0. The molecule has 1 aromatic carbocycles. The Balaban J connectivity index is 3.31. The summed E-state index contributed by atoms with van der Waals surface area (Å²) in [6.45, 7) is -0.0198. The van der Waals surface area contributed by atoms with Gasteiger partial charge in [-0.1, -0.05) is 12.1 Å². The van der Waals surface area contributed by atoms with E-state index in [1.807, 2.05) is 0 Å². The summed E-state index contributed by atoms with van der Waals surface area (Å²) in [6.07, 6.45) is -11.2. The Kier molecular flexibility index (Phi) is 4.10. The number of benzene rings is 1. The van der Waals surface area contributed by atoms with Crippen LogP contribution in [0.2, 0.25) is 0 Å². The van der Waals surface area contributed by atoms with Gasteiger partial charge in [0.05, 0.1) is 5.38 Å². The molecule has 0 aromatic heterocycles. The zero-order valence-corrected chi connectivity index (χ0v) is 10.2. The molecule has 0 radical (unpaired) electrons. The summed E-state index contributed by atoms with van der Waals surface area (Å²) in [6, 6.07) is 3.08. The highest BCUT2D eigenvalue weighted by Crippen LogP contribution is 2.59. The zero-order chi connectivity index (χ0) is 15.1. The monoisotopic (exact) mass is 308 g/mol. The molecule has 0 aliphatic heterocycles. The smallest absolute Gasteiger partial charge is 0.207 e. The maximum atomic E-state index is 12.7. The minimum Gasteiger partial charge on any atom is -0.207 e. The van der Waals surface area contributed by atoms with Crippen molar-refractivity contribution >= 4 is 11.6 Å². The maximum absolute atomic E-state index is 12.7. The van der Waals surface area contributed by atoms with E-state index in [4.69, 9.17) is 11.6 Å². The maximum Gasteiger partial charge on any atom is 0.404 e. The molecule has 0 fully saturated rings. The normalized spacial score (nSPS) is 15.4. The van der Waals surface area contributed by atoms with Crippen molar-refractivity contribution in [3.05, 3.63) is 35.6 Å². The average molecular weight is 309 g/mol. The van der Waals surface area contributed by atoms with Crippen molar-refractivity contribution in [3.8, 4) is 0 Å². The first-order valence-electron chi connectivity index (χ1n) is 4.94. The largest absolute Gasteiger partial charge is 0.404 e. The minimum absolute atomic E-state index is 0.0198. The highest BCUT2D eigenvalue weighted by Gasteiger charge is 2.71. The van der Waals surface area contributed by atoms with Crippen LogP contribution in [0.4, 0.5) is 30.7 Å². The van der Waals surface area contributed by atoms with Gasteiger partial charge in [-0.25, -0.2) is 4.39 Å². The van der Waals surface area contributed by atoms with Crippen LogP contribution in [0.25, 0.3) is 0 Å². The van der Waals surface area contributed by atoms with E-state index in [2.05, 4.69) is 0 Å². The second-order valence-corrected chi connectivity index (χ2v) is 4.55. The van der Waals surface area contributed by atoms with Crippen LogP contribution in [0.1, 0.15) is 17.9 Å². The first-order chi connectivity index (χ1) is 8.41. The molecular formula is C11H8ClF7. The van der Waals surface area contributed by atoms with E-state index in [9.17, 15) is 30.7 Å². The van der Waals surface area contributed by atoms with E-state index in [0.29, 0.717) is 0 Å².